The van der Waals surface area contributed by atoms with Crippen LogP contribution in [0.5, 0.6) is 0 Å². The molecule has 5 rings (SSSR count). The molecule has 3 heterocycles. The van der Waals surface area contributed by atoms with Gasteiger partial charge in [0.05, 0.1) is 17.7 Å². The van der Waals surface area contributed by atoms with Crippen LogP contribution in [0.3, 0.4) is 0 Å². The molecule has 10 nitrogen and oxygen atoms in total. The van der Waals surface area contributed by atoms with Crippen molar-refractivity contribution in [2.24, 2.45) is 5.92 Å². The molecule has 42 heavy (non-hydrogen) atoms. The third-order valence-electron chi connectivity index (χ3n) is 8.41. The van der Waals surface area contributed by atoms with Gasteiger partial charge >= 0.3 is 6.18 Å². The molecule has 0 bridgehead atoms. The van der Waals surface area contributed by atoms with Crippen LogP contribution < -0.4 is 10.2 Å². The molecule has 1 aliphatic carbocycles. The highest BCUT2D eigenvalue weighted by Gasteiger charge is 2.52. The lowest BCUT2D eigenvalue weighted by atomic mass is 9.82. The van der Waals surface area contributed by atoms with Gasteiger partial charge in [0.2, 0.25) is 0 Å². The number of carbonyl (C=O) groups excluding carboxylic acids is 3. The van der Waals surface area contributed by atoms with Crippen LogP contribution in [0, 0.1) is 17.2 Å². The Kier molecular flexibility index (Phi) is 8.02. The topological polar surface area (TPSA) is 121 Å². The third-order valence-corrected chi connectivity index (χ3v) is 8.41. The van der Waals surface area contributed by atoms with Crippen LogP contribution in [0.1, 0.15) is 83.5 Å². The summed E-state index contributed by atoms with van der Waals surface area (Å²) in [6.07, 6.45) is -1.88. The molecule has 2 fully saturated rings. The Morgan fingerprint density at radius 3 is 2.52 bits per heavy atom. The quantitative estimate of drug-likeness (QED) is 0.526. The Hall–Kier alpha value is -3.92. The Morgan fingerprint density at radius 2 is 1.93 bits per heavy atom. The fraction of sp³-hybridized carbons (Fsp3) is 0.552. The van der Waals surface area contributed by atoms with Gasteiger partial charge < -0.3 is 15.0 Å². The van der Waals surface area contributed by atoms with Crippen molar-refractivity contribution in [3.63, 3.8) is 0 Å². The van der Waals surface area contributed by atoms with Crippen LogP contribution in [0.4, 0.5) is 19.0 Å². The number of nitrogens with one attached hydrogen (secondary N) is 1. The van der Waals surface area contributed by atoms with E-state index in [-0.39, 0.29) is 29.8 Å². The van der Waals surface area contributed by atoms with Crippen LogP contribution in [-0.2, 0) is 15.7 Å². The first-order valence-corrected chi connectivity index (χ1v) is 14.1. The first-order valence-electron chi connectivity index (χ1n) is 14.1. The van der Waals surface area contributed by atoms with Crippen molar-refractivity contribution in [3.05, 3.63) is 46.6 Å². The standard InChI is InChI=1S/C29H33F3N6O4/c1-4-37-26-22(24(27(40)36(3)16(2)15-33)35-38(26)20-10-12-42-13-11-20)21(17-8-9-17)23(28(37)41)34-25(39)18-6-5-7-19(14-18)29(30,31)32/h5-7,14,16-17,20-21,23H,4,8-13H2,1-3H3,(H,34,39)/t16-,21+,23+/m1/s1. The molecule has 3 aliphatic rings. The normalized spacial score (nSPS) is 21.8. The van der Waals surface area contributed by atoms with Crippen LogP contribution >= 0.6 is 0 Å². The second-order valence-corrected chi connectivity index (χ2v) is 11.1. The van der Waals surface area contributed by atoms with E-state index >= 15 is 0 Å². The summed E-state index contributed by atoms with van der Waals surface area (Å²) in [4.78, 5) is 44.1. The van der Waals surface area contributed by atoms with E-state index in [1.807, 2.05) is 0 Å². The predicted molar refractivity (Wildman–Crippen MR) is 145 cm³/mol. The fourth-order valence-corrected chi connectivity index (χ4v) is 5.86. The molecular weight excluding hydrogens is 553 g/mol. The van der Waals surface area contributed by atoms with Gasteiger partial charge in [-0.2, -0.15) is 23.5 Å². The summed E-state index contributed by atoms with van der Waals surface area (Å²) in [6, 6.07) is 4.11. The zero-order valence-corrected chi connectivity index (χ0v) is 23.6. The Bertz CT molecular complexity index is 1420. The molecular formula is C29H33F3N6O4. The third kappa shape index (κ3) is 5.35. The van der Waals surface area contributed by atoms with Gasteiger partial charge in [0.25, 0.3) is 17.7 Å². The zero-order chi connectivity index (χ0) is 30.3. The molecule has 1 saturated heterocycles. The van der Waals surface area contributed by atoms with Crippen LogP contribution in [-0.4, -0.2) is 71.3 Å². The van der Waals surface area contributed by atoms with E-state index in [9.17, 15) is 32.8 Å². The number of hydrogen-bond acceptors (Lipinski definition) is 6. The number of alkyl halides is 3. The molecule has 3 amide bonds. The molecule has 3 atom stereocenters. The lowest BCUT2D eigenvalue weighted by molar-refractivity contribution is -0.137. The number of hydrogen-bond donors (Lipinski definition) is 1. The zero-order valence-electron chi connectivity index (χ0n) is 23.6. The summed E-state index contributed by atoms with van der Waals surface area (Å²) in [5.74, 6) is -1.88. The maximum atomic E-state index is 14.1. The number of anilines is 1. The van der Waals surface area contributed by atoms with Gasteiger partial charge in [-0.05, 0) is 63.6 Å². The van der Waals surface area contributed by atoms with Crippen LogP contribution in [0.2, 0.25) is 0 Å². The summed E-state index contributed by atoms with van der Waals surface area (Å²) < 4.78 is 47.3. The van der Waals surface area contributed by atoms with Crippen molar-refractivity contribution in [2.75, 3.05) is 31.7 Å². The van der Waals surface area contributed by atoms with Gasteiger partial charge in [-0.1, -0.05) is 6.07 Å². The lowest BCUT2D eigenvalue weighted by Crippen LogP contribution is -2.56. The van der Waals surface area contributed by atoms with Crippen molar-refractivity contribution in [2.45, 2.75) is 69.8 Å². The van der Waals surface area contributed by atoms with Crippen molar-refractivity contribution in [1.29, 1.82) is 5.26 Å². The summed E-state index contributed by atoms with van der Waals surface area (Å²) in [5, 5.41) is 17.0. The van der Waals surface area contributed by atoms with Crippen molar-refractivity contribution >= 4 is 23.5 Å². The first kappa shape index (κ1) is 29.6. The van der Waals surface area contributed by atoms with E-state index in [0.29, 0.717) is 37.4 Å². The van der Waals surface area contributed by atoms with Crippen LogP contribution in [0.15, 0.2) is 24.3 Å². The molecule has 2 aliphatic heterocycles. The minimum absolute atomic E-state index is 0.0453. The van der Waals surface area contributed by atoms with E-state index < -0.39 is 47.5 Å². The summed E-state index contributed by atoms with van der Waals surface area (Å²) in [5.41, 5.74) is -0.552. The maximum Gasteiger partial charge on any atom is 0.416 e. The highest BCUT2D eigenvalue weighted by Crippen LogP contribution is 2.52. The smallest absolute Gasteiger partial charge is 0.381 e. The van der Waals surface area contributed by atoms with E-state index in [2.05, 4.69) is 11.4 Å². The number of benzene rings is 1. The molecule has 13 heteroatoms. The van der Waals surface area contributed by atoms with E-state index in [4.69, 9.17) is 9.84 Å². The van der Waals surface area contributed by atoms with Gasteiger partial charge in [-0.3, -0.25) is 19.3 Å². The van der Waals surface area contributed by atoms with Crippen molar-refractivity contribution in [3.8, 4) is 6.07 Å². The first-order chi connectivity index (χ1) is 20.0. The number of rotatable bonds is 7. The number of fused-ring (bicyclic) bond motifs is 1. The van der Waals surface area contributed by atoms with Gasteiger partial charge in [0, 0.05) is 43.9 Å². The molecule has 1 aromatic heterocycles. The number of aromatic nitrogens is 2. The molecule has 2 aromatic rings. The Morgan fingerprint density at radius 1 is 1.24 bits per heavy atom. The summed E-state index contributed by atoms with van der Waals surface area (Å²) in [7, 11) is 1.51. The van der Waals surface area contributed by atoms with E-state index in [0.717, 1.165) is 31.0 Å². The Balaban J connectivity index is 1.62. The van der Waals surface area contributed by atoms with Crippen molar-refractivity contribution < 1.29 is 32.3 Å². The highest BCUT2D eigenvalue weighted by atomic mass is 19.4. The predicted octanol–water partition coefficient (Wildman–Crippen LogP) is 3.90. The van der Waals surface area contributed by atoms with E-state index in [1.165, 1.54) is 22.9 Å². The van der Waals surface area contributed by atoms with Gasteiger partial charge in [-0.25, -0.2) is 4.68 Å². The SMILES string of the molecule is CCN1C(=O)[C@@H](NC(=O)c2cccc(C(F)(F)F)c2)[C@@H](C2CC2)c2c(C(=O)N(C)[C@H](C)C#N)nn(C3CCOCC3)c21. The van der Waals surface area contributed by atoms with Crippen molar-refractivity contribution in [1.82, 2.24) is 20.0 Å². The number of halogens is 3. The molecule has 0 unspecified atom stereocenters. The average molecular weight is 587 g/mol. The molecule has 224 valence electrons. The molecule has 1 N–H and O–H groups in total. The number of nitrogens with zero attached hydrogens (tertiary/aromatic N) is 5. The van der Waals surface area contributed by atoms with Gasteiger partial charge in [0.15, 0.2) is 5.69 Å². The van der Waals surface area contributed by atoms with Crippen LogP contribution in [0.25, 0.3) is 0 Å². The molecule has 0 radical (unpaired) electrons. The number of ether oxygens (including phenoxy) is 1. The van der Waals surface area contributed by atoms with Gasteiger partial charge in [0.1, 0.15) is 17.9 Å². The average Bonchev–Trinajstić information content (AvgIpc) is 3.76. The second-order valence-electron chi connectivity index (χ2n) is 11.1. The number of amides is 3. The maximum absolute atomic E-state index is 14.1. The minimum Gasteiger partial charge on any atom is -0.381 e. The molecule has 1 saturated carbocycles. The Labute approximate surface area is 241 Å². The van der Waals surface area contributed by atoms with Gasteiger partial charge in [-0.15, -0.1) is 0 Å². The summed E-state index contributed by atoms with van der Waals surface area (Å²) >= 11 is 0. The number of carbonyl (C=O) groups is 3. The monoisotopic (exact) mass is 586 g/mol. The van der Waals surface area contributed by atoms with E-state index in [1.54, 1.807) is 18.5 Å². The molecule has 1 aromatic carbocycles. The molecule has 0 spiro atoms. The second kappa shape index (κ2) is 11.4. The minimum atomic E-state index is -4.64. The fourth-order valence-electron chi connectivity index (χ4n) is 5.86. The number of likely N-dealkylation sites (N-methyl/N-ethyl adjacent to an activating group) is 1. The number of nitriles is 1. The highest BCUT2D eigenvalue weighted by molar-refractivity contribution is 6.07. The largest absolute Gasteiger partial charge is 0.416 e. The summed E-state index contributed by atoms with van der Waals surface area (Å²) in [6.45, 7) is 4.58. The lowest BCUT2D eigenvalue weighted by Gasteiger charge is -2.39.